The monoisotopic (exact) mass is 449 g/mol. The first kappa shape index (κ1) is 28.4. The smallest absolute Gasteiger partial charge is 0.335 e. The molecule has 1 amide bonds. The molecule has 9 nitrogen and oxygen atoms in total. The Hall–Kier alpha value is -3.62. The number of hydrogen-bond acceptors (Lipinski definition) is 6. The van der Waals surface area contributed by atoms with Crippen molar-refractivity contribution in [2.75, 3.05) is 19.8 Å². The molecule has 0 unspecified atom stereocenters. The third-order valence-corrected chi connectivity index (χ3v) is 3.87. The summed E-state index contributed by atoms with van der Waals surface area (Å²) in [5, 5.41) is 19.4. The summed E-state index contributed by atoms with van der Waals surface area (Å²) in [5.74, 6) is -1.78. The molecule has 1 aromatic rings. The topological polar surface area (TPSA) is 139 Å². The van der Waals surface area contributed by atoms with Crippen molar-refractivity contribution in [3.8, 4) is 5.75 Å². The molecule has 3 N–H and O–H groups in total. The summed E-state index contributed by atoms with van der Waals surface area (Å²) in [6, 6.07) is 6.34. The summed E-state index contributed by atoms with van der Waals surface area (Å²) in [5.41, 5.74) is 0.247. The van der Waals surface area contributed by atoms with Crippen molar-refractivity contribution in [3.63, 3.8) is 0 Å². The van der Waals surface area contributed by atoms with Crippen LogP contribution < -0.4 is 10.1 Å². The standard InChI is InChI=1S/C16H20O5.C7H11NO3/c1-2-15(17)21-12-6-4-3-5-11-20-14-9-7-13(8-10-14)16(18)19;1-2-6(9)8-5-3-4-7(10)11/h2,7-10H,1,3-6,11-12H2,(H,18,19);2H,1,3-5H2,(H,8,9)(H,10,11). The fourth-order valence-electron chi connectivity index (χ4n) is 2.20. The van der Waals surface area contributed by atoms with Gasteiger partial charge < -0.3 is 25.0 Å². The van der Waals surface area contributed by atoms with Crippen molar-refractivity contribution < 1.29 is 38.9 Å². The quantitative estimate of drug-likeness (QED) is 0.211. The first-order chi connectivity index (χ1) is 15.3. The Morgan fingerprint density at radius 3 is 2.03 bits per heavy atom. The van der Waals surface area contributed by atoms with E-state index in [1.54, 1.807) is 12.1 Å². The second kappa shape index (κ2) is 18.2. The number of carbonyl (C=O) groups excluding carboxylic acids is 2. The maximum atomic E-state index is 10.8. The van der Waals surface area contributed by atoms with E-state index in [9.17, 15) is 19.2 Å². The van der Waals surface area contributed by atoms with Crippen LogP contribution in [0.1, 0.15) is 48.9 Å². The van der Waals surface area contributed by atoms with Crippen LogP contribution in [0.5, 0.6) is 5.75 Å². The van der Waals surface area contributed by atoms with Crippen LogP contribution in [0.3, 0.4) is 0 Å². The third-order valence-electron chi connectivity index (χ3n) is 3.87. The highest BCUT2D eigenvalue weighted by molar-refractivity contribution is 5.87. The summed E-state index contributed by atoms with van der Waals surface area (Å²) >= 11 is 0. The van der Waals surface area contributed by atoms with Gasteiger partial charge in [-0.2, -0.15) is 0 Å². The zero-order chi connectivity index (χ0) is 24.2. The van der Waals surface area contributed by atoms with Crippen molar-refractivity contribution in [1.82, 2.24) is 5.32 Å². The number of nitrogens with one attached hydrogen (secondary N) is 1. The highest BCUT2D eigenvalue weighted by atomic mass is 16.5. The number of ether oxygens (including phenoxy) is 2. The molecule has 1 rings (SSSR count). The van der Waals surface area contributed by atoms with Crippen molar-refractivity contribution in [2.24, 2.45) is 0 Å². The lowest BCUT2D eigenvalue weighted by Gasteiger charge is -2.06. The van der Waals surface area contributed by atoms with Gasteiger partial charge in [-0.1, -0.05) is 13.2 Å². The van der Waals surface area contributed by atoms with E-state index in [0.717, 1.165) is 37.8 Å². The van der Waals surface area contributed by atoms with Gasteiger partial charge in [-0.05, 0) is 62.4 Å². The van der Waals surface area contributed by atoms with Crippen molar-refractivity contribution in [2.45, 2.75) is 38.5 Å². The molecule has 32 heavy (non-hydrogen) atoms. The van der Waals surface area contributed by atoms with E-state index in [-0.39, 0.29) is 23.9 Å². The molecule has 0 saturated heterocycles. The maximum absolute atomic E-state index is 10.8. The number of carbonyl (C=O) groups is 4. The van der Waals surface area contributed by atoms with Crippen LogP contribution in [0.4, 0.5) is 0 Å². The minimum absolute atomic E-state index is 0.0808. The second-order valence-corrected chi connectivity index (χ2v) is 6.46. The van der Waals surface area contributed by atoms with Crippen LogP contribution in [0.25, 0.3) is 0 Å². The Bertz CT molecular complexity index is 743. The van der Waals surface area contributed by atoms with Gasteiger partial charge in [0.25, 0.3) is 0 Å². The molecule has 0 saturated carbocycles. The summed E-state index contributed by atoms with van der Waals surface area (Å²) < 4.78 is 10.4. The van der Waals surface area contributed by atoms with Crippen LogP contribution in [-0.4, -0.2) is 53.8 Å². The van der Waals surface area contributed by atoms with Crippen molar-refractivity contribution >= 4 is 23.8 Å². The lowest BCUT2D eigenvalue weighted by molar-refractivity contribution is -0.138. The van der Waals surface area contributed by atoms with Gasteiger partial charge >= 0.3 is 17.9 Å². The average molecular weight is 450 g/mol. The van der Waals surface area contributed by atoms with Crippen LogP contribution in [0, 0.1) is 0 Å². The largest absolute Gasteiger partial charge is 0.494 e. The zero-order valence-electron chi connectivity index (χ0n) is 18.1. The SMILES string of the molecule is C=CC(=O)NCCCC(=O)O.C=CC(=O)OCCCCCCOc1ccc(C(=O)O)cc1. The predicted molar refractivity (Wildman–Crippen MR) is 119 cm³/mol. The molecule has 176 valence electrons. The van der Waals surface area contributed by atoms with E-state index in [1.807, 2.05) is 0 Å². The summed E-state index contributed by atoms with van der Waals surface area (Å²) in [4.78, 5) is 41.9. The zero-order valence-corrected chi connectivity index (χ0v) is 18.1. The molecule has 0 atom stereocenters. The van der Waals surface area contributed by atoms with E-state index in [1.165, 1.54) is 12.1 Å². The molecule has 0 heterocycles. The molecule has 0 spiro atoms. The molecule has 9 heteroatoms. The first-order valence-electron chi connectivity index (χ1n) is 10.2. The highest BCUT2D eigenvalue weighted by Gasteiger charge is 2.02. The first-order valence-corrected chi connectivity index (χ1v) is 10.2. The Morgan fingerprint density at radius 1 is 0.875 bits per heavy atom. The van der Waals surface area contributed by atoms with Crippen molar-refractivity contribution in [3.05, 3.63) is 55.1 Å². The summed E-state index contributed by atoms with van der Waals surface area (Å²) in [7, 11) is 0. The minimum Gasteiger partial charge on any atom is -0.494 e. The van der Waals surface area contributed by atoms with Crippen LogP contribution in [0.15, 0.2) is 49.6 Å². The molecule has 0 aliphatic rings. The average Bonchev–Trinajstić information content (AvgIpc) is 2.78. The number of aliphatic carboxylic acids is 1. The Morgan fingerprint density at radius 2 is 1.50 bits per heavy atom. The second-order valence-electron chi connectivity index (χ2n) is 6.46. The number of aromatic carboxylic acids is 1. The van der Waals surface area contributed by atoms with E-state index < -0.39 is 11.9 Å². The summed E-state index contributed by atoms with van der Waals surface area (Å²) in [6.45, 7) is 7.95. The van der Waals surface area contributed by atoms with E-state index in [0.29, 0.717) is 31.9 Å². The Kier molecular flexibility index (Phi) is 16.1. The van der Waals surface area contributed by atoms with Gasteiger partial charge in [0.2, 0.25) is 5.91 Å². The molecule has 0 aliphatic carbocycles. The van der Waals surface area contributed by atoms with Gasteiger partial charge in [0.05, 0.1) is 18.8 Å². The van der Waals surface area contributed by atoms with Crippen LogP contribution >= 0.6 is 0 Å². The number of carboxylic acid groups (broad SMARTS) is 2. The Labute approximate surface area is 187 Å². The molecule has 0 radical (unpaired) electrons. The van der Waals surface area contributed by atoms with Gasteiger partial charge in [0.1, 0.15) is 5.75 Å². The molecule has 0 aromatic heterocycles. The minimum atomic E-state index is -0.946. The highest BCUT2D eigenvalue weighted by Crippen LogP contribution is 2.13. The fraction of sp³-hybridized carbons (Fsp3) is 0.391. The van der Waals surface area contributed by atoms with E-state index >= 15 is 0 Å². The Balaban J connectivity index is 0.000000739. The van der Waals surface area contributed by atoms with E-state index in [2.05, 4.69) is 18.5 Å². The number of esters is 1. The molecular weight excluding hydrogens is 418 g/mol. The fourth-order valence-corrected chi connectivity index (χ4v) is 2.20. The van der Waals surface area contributed by atoms with Crippen molar-refractivity contribution in [1.29, 1.82) is 0 Å². The number of hydrogen-bond donors (Lipinski definition) is 3. The summed E-state index contributed by atoms with van der Waals surface area (Å²) in [6.07, 6.45) is 6.52. The number of rotatable bonds is 15. The normalized spacial score (nSPS) is 9.50. The van der Waals surface area contributed by atoms with Crippen LogP contribution in [-0.2, 0) is 19.1 Å². The third kappa shape index (κ3) is 16.2. The van der Waals surface area contributed by atoms with Gasteiger partial charge in [0.15, 0.2) is 0 Å². The molecule has 0 bridgehead atoms. The molecule has 0 aliphatic heterocycles. The van der Waals surface area contributed by atoms with Gasteiger partial charge in [-0.25, -0.2) is 9.59 Å². The number of benzene rings is 1. The van der Waals surface area contributed by atoms with Gasteiger partial charge in [0, 0.05) is 19.0 Å². The van der Waals surface area contributed by atoms with E-state index in [4.69, 9.17) is 19.7 Å². The molecule has 1 aromatic carbocycles. The number of unbranched alkanes of at least 4 members (excludes halogenated alkanes) is 3. The number of amides is 1. The lowest BCUT2D eigenvalue weighted by atomic mass is 10.2. The lowest BCUT2D eigenvalue weighted by Crippen LogP contribution is -2.22. The van der Waals surface area contributed by atoms with Gasteiger partial charge in [-0.15, -0.1) is 0 Å². The van der Waals surface area contributed by atoms with Gasteiger partial charge in [-0.3, -0.25) is 9.59 Å². The van der Waals surface area contributed by atoms with Crippen LogP contribution in [0.2, 0.25) is 0 Å². The predicted octanol–water partition coefficient (Wildman–Crippen LogP) is 3.21. The number of carboxylic acids is 2. The molecular formula is C23H31NO8. The molecule has 0 fully saturated rings. The maximum Gasteiger partial charge on any atom is 0.335 e.